The average Bonchev–Trinajstić information content (AvgIpc) is 2.69. The van der Waals surface area contributed by atoms with Crippen molar-refractivity contribution in [1.29, 1.82) is 0 Å². The van der Waals surface area contributed by atoms with Crippen LogP contribution < -0.4 is 0 Å². The van der Waals surface area contributed by atoms with Crippen molar-refractivity contribution in [1.82, 2.24) is 0 Å². The van der Waals surface area contributed by atoms with E-state index in [1.807, 2.05) is 30.3 Å². The van der Waals surface area contributed by atoms with E-state index in [1.54, 1.807) is 0 Å². The molecule has 3 aromatic carbocycles. The lowest BCUT2D eigenvalue weighted by Gasteiger charge is -2.19. The molecule has 2 nitrogen and oxygen atoms in total. The maximum absolute atomic E-state index is 6.19. The molecule has 0 saturated heterocycles. The zero-order chi connectivity index (χ0) is 17.2. The fourth-order valence-corrected chi connectivity index (χ4v) is 2.77. The minimum absolute atomic E-state index is 0.0310. The Bertz CT molecular complexity index is 671. The van der Waals surface area contributed by atoms with Crippen LogP contribution in [0.25, 0.3) is 0 Å². The lowest BCUT2D eigenvalue weighted by molar-refractivity contribution is 0.0480. The molecule has 25 heavy (non-hydrogen) atoms. The summed E-state index contributed by atoms with van der Waals surface area (Å²) in [6.45, 7) is 2.02. The first kappa shape index (κ1) is 17.4. The highest BCUT2D eigenvalue weighted by Crippen LogP contribution is 2.25. The van der Waals surface area contributed by atoms with Crippen molar-refractivity contribution in [2.45, 2.75) is 19.1 Å². The van der Waals surface area contributed by atoms with E-state index in [0.717, 1.165) is 6.42 Å². The Balaban J connectivity index is 1.48. The van der Waals surface area contributed by atoms with E-state index in [4.69, 9.17) is 9.47 Å². The molecule has 0 fully saturated rings. The molecule has 0 unspecified atom stereocenters. The van der Waals surface area contributed by atoms with E-state index in [-0.39, 0.29) is 6.10 Å². The van der Waals surface area contributed by atoms with Gasteiger partial charge in [-0.2, -0.15) is 0 Å². The Morgan fingerprint density at radius 1 is 0.600 bits per heavy atom. The normalized spacial score (nSPS) is 10.9. The summed E-state index contributed by atoms with van der Waals surface area (Å²) in [5.41, 5.74) is 3.56. The maximum Gasteiger partial charge on any atom is 0.108 e. The second kappa shape index (κ2) is 9.77. The van der Waals surface area contributed by atoms with Crippen molar-refractivity contribution in [2.75, 3.05) is 13.2 Å². The fourth-order valence-electron chi connectivity index (χ4n) is 2.77. The third kappa shape index (κ3) is 5.56. The SMILES string of the molecule is c1ccc(COCCCOC(c2ccccc2)c2ccccc2)cc1. The molecule has 0 aromatic heterocycles. The molecule has 0 N–H and O–H groups in total. The first-order chi connectivity index (χ1) is 12.4. The minimum atomic E-state index is -0.0310. The molecule has 3 rings (SSSR count). The van der Waals surface area contributed by atoms with E-state index in [0.29, 0.717) is 19.8 Å². The standard InChI is InChI=1S/C23H24O2/c1-4-11-20(12-5-1)19-24-17-10-18-25-23(21-13-6-2-7-14-21)22-15-8-3-9-16-22/h1-9,11-16,23H,10,17-19H2. The third-order valence-corrected chi connectivity index (χ3v) is 4.03. The van der Waals surface area contributed by atoms with Crippen molar-refractivity contribution >= 4 is 0 Å². The number of rotatable bonds is 9. The van der Waals surface area contributed by atoms with Gasteiger partial charge in [-0.1, -0.05) is 91.0 Å². The summed E-state index contributed by atoms with van der Waals surface area (Å²) < 4.78 is 11.9. The summed E-state index contributed by atoms with van der Waals surface area (Å²) >= 11 is 0. The van der Waals surface area contributed by atoms with E-state index < -0.39 is 0 Å². The van der Waals surface area contributed by atoms with Gasteiger partial charge in [-0.05, 0) is 23.1 Å². The van der Waals surface area contributed by atoms with E-state index >= 15 is 0 Å². The maximum atomic E-state index is 6.19. The molecule has 0 bridgehead atoms. The molecular formula is C23H24O2. The Hall–Kier alpha value is -2.42. The van der Waals surface area contributed by atoms with Gasteiger partial charge in [0, 0.05) is 6.61 Å². The Morgan fingerprint density at radius 3 is 1.68 bits per heavy atom. The highest BCUT2D eigenvalue weighted by molar-refractivity contribution is 5.29. The summed E-state index contributed by atoms with van der Waals surface area (Å²) in [6.07, 6.45) is 0.847. The first-order valence-electron chi connectivity index (χ1n) is 8.76. The van der Waals surface area contributed by atoms with Gasteiger partial charge in [0.15, 0.2) is 0 Å². The van der Waals surface area contributed by atoms with Gasteiger partial charge in [-0.25, -0.2) is 0 Å². The van der Waals surface area contributed by atoms with Crippen LogP contribution >= 0.6 is 0 Å². The predicted octanol–water partition coefficient (Wildman–Crippen LogP) is 5.40. The number of ether oxygens (including phenoxy) is 2. The lowest BCUT2D eigenvalue weighted by atomic mass is 10.0. The number of hydrogen-bond donors (Lipinski definition) is 0. The summed E-state index contributed by atoms with van der Waals surface area (Å²) in [4.78, 5) is 0. The minimum Gasteiger partial charge on any atom is -0.377 e. The predicted molar refractivity (Wildman–Crippen MR) is 101 cm³/mol. The third-order valence-electron chi connectivity index (χ3n) is 4.03. The molecule has 0 heterocycles. The summed E-state index contributed by atoms with van der Waals surface area (Å²) in [5, 5.41) is 0. The van der Waals surface area contributed by atoms with E-state index in [1.165, 1.54) is 16.7 Å². The van der Waals surface area contributed by atoms with Crippen molar-refractivity contribution < 1.29 is 9.47 Å². The molecule has 0 spiro atoms. The van der Waals surface area contributed by atoms with Gasteiger partial charge in [0.25, 0.3) is 0 Å². The molecule has 0 aliphatic rings. The lowest BCUT2D eigenvalue weighted by Crippen LogP contribution is -2.09. The van der Waals surface area contributed by atoms with Crippen LogP contribution in [0.5, 0.6) is 0 Å². The fraction of sp³-hybridized carbons (Fsp3) is 0.217. The highest BCUT2D eigenvalue weighted by Gasteiger charge is 2.13. The topological polar surface area (TPSA) is 18.5 Å². The smallest absolute Gasteiger partial charge is 0.108 e. The van der Waals surface area contributed by atoms with Crippen LogP contribution in [0.3, 0.4) is 0 Å². The number of benzene rings is 3. The van der Waals surface area contributed by atoms with Crippen LogP contribution in [0, 0.1) is 0 Å². The second-order valence-corrected chi connectivity index (χ2v) is 5.96. The second-order valence-electron chi connectivity index (χ2n) is 5.96. The van der Waals surface area contributed by atoms with Crippen molar-refractivity contribution in [3.63, 3.8) is 0 Å². The Morgan fingerprint density at radius 2 is 1.12 bits per heavy atom. The van der Waals surface area contributed by atoms with Crippen LogP contribution in [0.15, 0.2) is 91.0 Å². The van der Waals surface area contributed by atoms with Crippen LogP contribution in [-0.2, 0) is 16.1 Å². The van der Waals surface area contributed by atoms with Crippen LogP contribution in [-0.4, -0.2) is 13.2 Å². The van der Waals surface area contributed by atoms with Gasteiger partial charge in [0.2, 0.25) is 0 Å². The summed E-state index contributed by atoms with van der Waals surface area (Å²) in [6, 6.07) is 31.0. The van der Waals surface area contributed by atoms with E-state index in [2.05, 4.69) is 60.7 Å². The van der Waals surface area contributed by atoms with Crippen molar-refractivity contribution in [3.05, 3.63) is 108 Å². The average molecular weight is 332 g/mol. The molecule has 0 atom stereocenters. The van der Waals surface area contributed by atoms with Crippen LogP contribution in [0.4, 0.5) is 0 Å². The molecule has 0 radical (unpaired) electrons. The van der Waals surface area contributed by atoms with E-state index in [9.17, 15) is 0 Å². The largest absolute Gasteiger partial charge is 0.377 e. The van der Waals surface area contributed by atoms with Gasteiger partial charge in [-0.15, -0.1) is 0 Å². The molecule has 0 aliphatic carbocycles. The van der Waals surface area contributed by atoms with Crippen LogP contribution in [0.1, 0.15) is 29.2 Å². The summed E-state index contributed by atoms with van der Waals surface area (Å²) in [5.74, 6) is 0. The monoisotopic (exact) mass is 332 g/mol. The van der Waals surface area contributed by atoms with Crippen molar-refractivity contribution in [2.24, 2.45) is 0 Å². The van der Waals surface area contributed by atoms with Crippen LogP contribution in [0.2, 0.25) is 0 Å². The molecule has 0 amide bonds. The zero-order valence-corrected chi connectivity index (χ0v) is 14.4. The van der Waals surface area contributed by atoms with Gasteiger partial charge in [0.05, 0.1) is 13.2 Å². The number of hydrogen-bond acceptors (Lipinski definition) is 2. The zero-order valence-electron chi connectivity index (χ0n) is 14.4. The molecule has 0 saturated carbocycles. The molecular weight excluding hydrogens is 308 g/mol. The van der Waals surface area contributed by atoms with Gasteiger partial charge >= 0.3 is 0 Å². The quantitative estimate of drug-likeness (QED) is 0.488. The van der Waals surface area contributed by atoms with Gasteiger partial charge in [0.1, 0.15) is 6.10 Å². The molecule has 0 aliphatic heterocycles. The highest BCUT2D eigenvalue weighted by atomic mass is 16.5. The Labute approximate surface area is 150 Å². The molecule has 3 aromatic rings. The molecule has 128 valence electrons. The summed E-state index contributed by atoms with van der Waals surface area (Å²) in [7, 11) is 0. The van der Waals surface area contributed by atoms with Gasteiger partial charge < -0.3 is 9.47 Å². The Kier molecular flexibility index (Phi) is 6.80. The molecule has 2 heteroatoms. The first-order valence-corrected chi connectivity index (χ1v) is 8.76. The van der Waals surface area contributed by atoms with Gasteiger partial charge in [-0.3, -0.25) is 0 Å². The van der Waals surface area contributed by atoms with Crippen molar-refractivity contribution in [3.8, 4) is 0 Å².